The molecule has 266 valence electrons. The standard InChI is InChI=1S/C51H32N6/c1-2-25-41(33(17-1)34-18-3-10-26-42(34)55-43-27-11-4-19-35(43)36-20-5-12-28-44(36)55)49-52-50(56-45-29-13-6-21-37(45)38-22-7-14-30-46(38)56)54-51(53-49)57-47-31-15-8-23-39(47)40-24-9-16-32-48(40)57/h1-32H/i4D,5D,6D,7D,8D,9D,11D,12D,13D,14D,15D,16D,19D,20D,21D,22D,23D,24D,27D,28D,29D,30D,31D,32D. The van der Waals surface area contributed by atoms with Crippen LogP contribution in [0, 0.1) is 0 Å². The first-order chi connectivity index (χ1) is 38.3. The maximum atomic E-state index is 9.30. The second-order valence-corrected chi connectivity index (χ2v) is 12.7. The van der Waals surface area contributed by atoms with Crippen molar-refractivity contribution in [1.82, 2.24) is 28.7 Å². The third-order valence-electron chi connectivity index (χ3n) is 9.71. The quantitative estimate of drug-likeness (QED) is 0.176. The van der Waals surface area contributed by atoms with E-state index in [9.17, 15) is 8.22 Å². The summed E-state index contributed by atoms with van der Waals surface area (Å²) in [6, 6.07) is -4.48. The van der Waals surface area contributed by atoms with Crippen LogP contribution >= 0.6 is 0 Å². The zero-order chi connectivity index (χ0) is 58.3. The Morgan fingerprint density at radius 2 is 0.632 bits per heavy atom. The van der Waals surface area contributed by atoms with Gasteiger partial charge < -0.3 is 4.57 Å². The summed E-state index contributed by atoms with van der Waals surface area (Å²) in [5, 5.41) is -1.90. The average Bonchev–Trinajstić information content (AvgIpc) is 2.09. The molecule has 57 heavy (non-hydrogen) atoms. The summed E-state index contributed by atoms with van der Waals surface area (Å²) >= 11 is 0. The van der Waals surface area contributed by atoms with Crippen molar-refractivity contribution in [3.8, 4) is 40.1 Å². The van der Waals surface area contributed by atoms with Gasteiger partial charge in [-0.25, -0.2) is 0 Å². The molecule has 12 aromatic rings. The molecule has 0 saturated heterocycles. The molecule has 0 amide bonds. The summed E-state index contributed by atoms with van der Waals surface area (Å²) in [4.78, 5) is 14.6. The number of benzene rings is 8. The van der Waals surface area contributed by atoms with E-state index in [4.69, 9.17) is 39.6 Å². The van der Waals surface area contributed by atoms with Gasteiger partial charge in [-0.05, 0) is 47.9 Å². The van der Waals surface area contributed by atoms with Crippen LogP contribution in [0.4, 0.5) is 0 Å². The molecule has 4 aromatic heterocycles. The van der Waals surface area contributed by atoms with Crippen LogP contribution in [0.3, 0.4) is 0 Å². The van der Waals surface area contributed by atoms with Gasteiger partial charge >= 0.3 is 0 Å². The van der Waals surface area contributed by atoms with E-state index in [1.54, 1.807) is 36.4 Å². The lowest BCUT2D eigenvalue weighted by Gasteiger charge is -2.17. The van der Waals surface area contributed by atoms with E-state index in [2.05, 4.69) is 0 Å². The van der Waals surface area contributed by atoms with Crippen molar-refractivity contribution >= 4 is 65.4 Å². The van der Waals surface area contributed by atoms with Gasteiger partial charge in [0.25, 0.3) is 0 Å². The number of hydrogen-bond acceptors (Lipinski definition) is 3. The Balaban J connectivity index is 1.28. The minimum atomic E-state index is -0.794. The minimum Gasteiger partial charge on any atom is -0.309 e. The highest BCUT2D eigenvalue weighted by Crippen LogP contribution is 2.40. The van der Waals surface area contributed by atoms with Crippen LogP contribution in [0.2, 0.25) is 0 Å². The Labute approximate surface area is 360 Å². The molecular formula is C51H32N6. The summed E-state index contributed by atoms with van der Waals surface area (Å²) in [6.07, 6.45) is 0. The maximum Gasteiger partial charge on any atom is 0.240 e. The van der Waals surface area contributed by atoms with Crippen molar-refractivity contribution in [3.63, 3.8) is 0 Å². The molecule has 6 nitrogen and oxygen atoms in total. The van der Waals surface area contributed by atoms with Crippen LogP contribution in [-0.2, 0) is 0 Å². The molecule has 0 aliphatic rings. The molecule has 0 spiro atoms. The molecule has 0 N–H and O–H groups in total. The number of fused-ring (bicyclic) bond motifs is 9. The van der Waals surface area contributed by atoms with Gasteiger partial charge in [0.15, 0.2) is 5.82 Å². The Morgan fingerprint density at radius 1 is 0.316 bits per heavy atom. The molecule has 4 heterocycles. The lowest BCUT2D eigenvalue weighted by molar-refractivity contribution is 0.893. The fourth-order valence-electron chi connectivity index (χ4n) is 7.39. The van der Waals surface area contributed by atoms with E-state index in [0.717, 1.165) is 9.13 Å². The van der Waals surface area contributed by atoms with E-state index < -0.39 is 179 Å². The molecule has 0 aliphatic carbocycles. The number of para-hydroxylation sites is 7. The summed E-state index contributed by atoms with van der Waals surface area (Å²) in [5.41, 5.74) is -1.69. The van der Waals surface area contributed by atoms with Gasteiger partial charge in [-0.2, -0.15) is 15.0 Å². The molecule has 8 aromatic carbocycles. The Morgan fingerprint density at radius 3 is 1.04 bits per heavy atom. The first kappa shape index (κ1) is 16.1. The molecule has 0 saturated carbocycles. The van der Waals surface area contributed by atoms with Gasteiger partial charge in [-0.15, -0.1) is 0 Å². The van der Waals surface area contributed by atoms with Gasteiger partial charge in [0, 0.05) is 43.4 Å². The molecule has 0 unspecified atom stereocenters. The van der Waals surface area contributed by atoms with Gasteiger partial charge in [0.1, 0.15) is 0 Å². The highest BCUT2D eigenvalue weighted by Gasteiger charge is 2.23. The zero-order valence-electron chi connectivity index (χ0n) is 52.8. The van der Waals surface area contributed by atoms with E-state index in [1.807, 2.05) is 0 Å². The van der Waals surface area contributed by atoms with Gasteiger partial charge in [0.05, 0.1) is 71.7 Å². The molecule has 0 fully saturated rings. The SMILES string of the molecule is [2H]c1c([2H])c([2H])c2c(c1[2H])c1c([2H])c([2H])c([2H])c([2H])c1n2-c1nc(-c2ccccc2-c2ccccc2-n2c3c([2H])c([2H])c([2H])c([2H])c3c3c([2H])c([2H])c([2H])c([2H])c32)nc(-n2c3c([2H])c([2H])c([2H])c([2H])c3c3c([2H])c([2H])c([2H])c([2H])c32)n1. The predicted molar refractivity (Wildman–Crippen MR) is 234 cm³/mol. The van der Waals surface area contributed by atoms with Crippen molar-refractivity contribution in [2.24, 2.45) is 0 Å². The number of hydrogen-bond donors (Lipinski definition) is 0. The lowest BCUT2D eigenvalue weighted by atomic mass is 9.97. The first-order valence-electron chi connectivity index (χ1n) is 29.3. The van der Waals surface area contributed by atoms with E-state index >= 15 is 0 Å². The monoisotopic (exact) mass is 752 g/mol. The van der Waals surface area contributed by atoms with Crippen molar-refractivity contribution in [2.75, 3.05) is 0 Å². The normalized spacial score (nSPS) is 17.8. The zero-order valence-corrected chi connectivity index (χ0v) is 28.8. The van der Waals surface area contributed by atoms with Crippen molar-refractivity contribution in [1.29, 1.82) is 0 Å². The molecule has 0 bridgehead atoms. The Hall–Kier alpha value is -7.83. The molecule has 0 radical (unpaired) electrons. The maximum absolute atomic E-state index is 9.30. The number of aromatic nitrogens is 6. The van der Waals surface area contributed by atoms with Crippen LogP contribution in [0.15, 0.2) is 194 Å². The van der Waals surface area contributed by atoms with Crippen LogP contribution in [0.5, 0.6) is 0 Å². The summed E-state index contributed by atoms with van der Waals surface area (Å²) in [7, 11) is 0. The summed E-state index contributed by atoms with van der Waals surface area (Å²) < 4.78 is 218. The lowest BCUT2D eigenvalue weighted by Crippen LogP contribution is -2.10. The van der Waals surface area contributed by atoms with E-state index in [1.165, 1.54) is 16.7 Å². The number of nitrogens with zero attached hydrogens (tertiary/aromatic N) is 6. The Kier molecular flexibility index (Phi) is 3.49. The summed E-state index contributed by atoms with van der Waals surface area (Å²) in [6.45, 7) is 0. The first-order valence-corrected chi connectivity index (χ1v) is 17.3. The van der Waals surface area contributed by atoms with Crippen LogP contribution in [-0.4, -0.2) is 28.7 Å². The molecule has 6 heteroatoms. The molecule has 12 rings (SSSR count). The smallest absolute Gasteiger partial charge is 0.240 e. The second-order valence-electron chi connectivity index (χ2n) is 12.7. The highest BCUT2D eigenvalue weighted by molar-refractivity contribution is 6.11. The van der Waals surface area contributed by atoms with Crippen molar-refractivity contribution in [2.45, 2.75) is 0 Å². The van der Waals surface area contributed by atoms with Gasteiger partial charge in [-0.1, -0.05) is 151 Å². The van der Waals surface area contributed by atoms with Crippen LogP contribution < -0.4 is 0 Å². The molecule has 0 atom stereocenters. The fraction of sp³-hybridized carbons (Fsp3) is 0. The third-order valence-corrected chi connectivity index (χ3v) is 9.71. The molecular weight excluding hydrogens is 697 g/mol. The van der Waals surface area contributed by atoms with Gasteiger partial charge in [-0.3, -0.25) is 9.13 Å². The average molecular weight is 753 g/mol. The van der Waals surface area contributed by atoms with Crippen molar-refractivity contribution in [3.05, 3.63) is 194 Å². The number of rotatable bonds is 5. The fourth-order valence-corrected chi connectivity index (χ4v) is 7.39. The predicted octanol–water partition coefficient (Wildman–Crippen LogP) is 12.5. The van der Waals surface area contributed by atoms with Gasteiger partial charge in [0.2, 0.25) is 11.9 Å². The van der Waals surface area contributed by atoms with Crippen LogP contribution in [0.1, 0.15) is 32.9 Å². The largest absolute Gasteiger partial charge is 0.309 e. The molecule has 0 aliphatic heterocycles. The Bertz CT molecular complexity index is 4540. The van der Waals surface area contributed by atoms with E-state index in [0.29, 0.717) is 0 Å². The third kappa shape index (κ3) is 4.68. The highest BCUT2D eigenvalue weighted by atomic mass is 15.3. The van der Waals surface area contributed by atoms with Crippen molar-refractivity contribution < 1.29 is 32.9 Å². The topological polar surface area (TPSA) is 53.5 Å². The second kappa shape index (κ2) is 12.3. The minimum absolute atomic E-state index is 0.0357. The van der Waals surface area contributed by atoms with E-state index in [-0.39, 0.29) is 71.6 Å². The van der Waals surface area contributed by atoms with Crippen LogP contribution in [0.25, 0.3) is 106 Å². The summed E-state index contributed by atoms with van der Waals surface area (Å²) in [5.74, 6) is -1.67.